The summed E-state index contributed by atoms with van der Waals surface area (Å²) in [6.07, 6.45) is -1.01. The van der Waals surface area contributed by atoms with Crippen LogP contribution >= 0.6 is 0 Å². The molecule has 7 nitrogen and oxygen atoms in total. The summed E-state index contributed by atoms with van der Waals surface area (Å²) in [5.41, 5.74) is 7.74. The third-order valence-electron chi connectivity index (χ3n) is 4.15. The molecule has 0 aliphatic rings. The zero-order chi connectivity index (χ0) is 20.3. The third-order valence-corrected chi connectivity index (χ3v) is 4.15. The van der Waals surface area contributed by atoms with Gasteiger partial charge in [-0.2, -0.15) is 0 Å². The molecule has 28 heavy (non-hydrogen) atoms. The van der Waals surface area contributed by atoms with E-state index in [2.05, 4.69) is 20.8 Å². The summed E-state index contributed by atoms with van der Waals surface area (Å²) in [5, 5.41) is 0. The maximum Gasteiger partial charge on any atom is 0.279 e. The highest BCUT2D eigenvalue weighted by Crippen LogP contribution is 2.17. The van der Waals surface area contributed by atoms with E-state index in [9.17, 15) is 14.0 Å². The molecule has 0 aliphatic carbocycles. The van der Waals surface area contributed by atoms with Crippen molar-refractivity contribution < 1.29 is 18.7 Å². The number of hydrogen-bond donors (Lipinski definition) is 2. The van der Waals surface area contributed by atoms with Gasteiger partial charge in [-0.1, -0.05) is 12.1 Å². The normalized spacial score (nSPS) is 11.7. The van der Waals surface area contributed by atoms with Crippen molar-refractivity contribution >= 4 is 22.8 Å². The van der Waals surface area contributed by atoms with Crippen molar-refractivity contribution in [1.29, 1.82) is 0 Å². The number of hydrazine groups is 1. The minimum absolute atomic E-state index is 0.0461. The lowest BCUT2D eigenvalue weighted by molar-refractivity contribution is -0.128. The Morgan fingerprint density at radius 2 is 1.68 bits per heavy atom. The Morgan fingerprint density at radius 1 is 1.00 bits per heavy atom. The van der Waals surface area contributed by atoms with Gasteiger partial charge in [-0.05, 0) is 51.1 Å². The van der Waals surface area contributed by atoms with E-state index in [1.54, 1.807) is 24.3 Å². The van der Waals surface area contributed by atoms with Crippen LogP contribution in [0, 0.1) is 19.7 Å². The predicted octanol–water partition coefficient (Wildman–Crippen LogP) is 2.61. The SMILES string of the molecule is Cc1nc2ccc(C(=O)NNC(=O)C(C)Oc3ccccc3F)cc2nc1C. The number of amides is 2. The van der Waals surface area contributed by atoms with E-state index in [1.807, 2.05) is 13.8 Å². The molecular formula is C20H19FN4O3. The number of aromatic nitrogens is 2. The maximum atomic E-state index is 13.6. The molecule has 1 atom stereocenters. The van der Waals surface area contributed by atoms with Gasteiger partial charge >= 0.3 is 0 Å². The molecule has 0 saturated carbocycles. The minimum Gasteiger partial charge on any atom is -0.478 e. The monoisotopic (exact) mass is 382 g/mol. The summed E-state index contributed by atoms with van der Waals surface area (Å²) >= 11 is 0. The number of rotatable bonds is 4. The fraction of sp³-hybridized carbons (Fsp3) is 0.200. The van der Waals surface area contributed by atoms with Gasteiger partial charge in [0.25, 0.3) is 11.8 Å². The number of carbonyl (C=O) groups is 2. The molecule has 144 valence electrons. The van der Waals surface area contributed by atoms with E-state index in [-0.39, 0.29) is 5.75 Å². The Labute approximate surface area is 160 Å². The summed E-state index contributed by atoms with van der Waals surface area (Å²) < 4.78 is 18.9. The Morgan fingerprint density at radius 3 is 2.39 bits per heavy atom. The Kier molecular flexibility index (Phi) is 5.49. The van der Waals surface area contributed by atoms with Gasteiger partial charge < -0.3 is 4.74 Å². The first-order chi connectivity index (χ1) is 13.3. The predicted molar refractivity (Wildman–Crippen MR) is 101 cm³/mol. The summed E-state index contributed by atoms with van der Waals surface area (Å²) in [5.74, 6) is -1.76. The van der Waals surface area contributed by atoms with Crippen LogP contribution in [0.2, 0.25) is 0 Å². The second-order valence-corrected chi connectivity index (χ2v) is 6.23. The smallest absolute Gasteiger partial charge is 0.279 e. The van der Waals surface area contributed by atoms with Crippen LogP contribution in [-0.2, 0) is 4.79 Å². The van der Waals surface area contributed by atoms with Gasteiger partial charge in [0.1, 0.15) is 0 Å². The van der Waals surface area contributed by atoms with Crippen molar-refractivity contribution in [2.45, 2.75) is 26.9 Å². The zero-order valence-corrected chi connectivity index (χ0v) is 15.6. The fourth-order valence-corrected chi connectivity index (χ4v) is 2.45. The van der Waals surface area contributed by atoms with Gasteiger partial charge in [0.2, 0.25) is 0 Å². The first kappa shape index (κ1) is 19.2. The molecule has 1 unspecified atom stereocenters. The number of nitrogens with one attached hydrogen (secondary N) is 2. The van der Waals surface area contributed by atoms with E-state index in [1.165, 1.54) is 25.1 Å². The minimum atomic E-state index is -1.01. The molecule has 0 spiro atoms. The molecule has 2 aromatic carbocycles. The molecule has 3 aromatic rings. The van der Waals surface area contributed by atoms with E-state index in [4.69, 9.17) is 4.74 Å². The largest absolute Gasteiger partial charge is 0.478 e. The first-order valence-electron chi connectivity index (χ1n) is 8.61. The van der Waals surface area contributed by atoms with Gasteiger partial charge in [-0.25, -0.2) is 14.4 Å². The molecule has 1 aromatic heterocycles. The Balaban J connectivity index is 1.63. The van der Waals surface area contributed by atoms with Gasteiger partial charge in [-0.15, -0.1) is 0 Å². The van der Waals surface area contributed by atoms with Crippen LogP contribution in [0.25, 0.3) is 11.0 Å². The van der Waals surface area contributed by atoms with E-state index in [0.29, 0.717) is 16.6 Å². The molecular weight excluding hydrogens is 363 g/mol. The van der Waals surface area contributed by atoms with Crippen molar-refractivity contribution in [3.05, 3.63) is 65.2 Å². The summed E-state index contributed by atoms with van der Waals surface area (Å²) in [6, 6.07) is 10.6. The molecule has 0 bridgehead atoms. The molecule has 1 heterocycles. The number of hydrogen-bond acceptors (Lipinski definition) is 5. The standard InChI is InChI=1S/C20H19FN4O3/c1-11-12(2)23-17-10-14(8-9-16(17)22-11)20(27)25-24-19(26)13(3)28-18-7-5-4-6-15(18)21/h4-10,13H,1-3H3,(H,24,26)(H,25,27). The third kappa shape index (κ3) is 4.22. The number of para-hydroxylation sites is 1. The molecule has 0 saturated heterocycles. The van der Waals surface area contributed by atoms with Crippen LogP contribution in [0.4, 0.5) is 4.39 Å². The molecule has 0 radical (unpaired) electrons. The number of carbonyl (C=O) groups excluding carboxylic acids is 2. The van der Waals surface area contributed by atoms with E-state index in [0.717, 1.165) is 11.4 Å². The second kappa shape index (κ2) is 7.99. The van der Waals surface area contributed by atoms with Gasteiger partial charge in [0.05, 0.1) is 22.4 Å². The molecule has 2 amide bonds. The molecule has 3 rings (SSSR count). The molecule has 0 fully saturated rings. The second-order valence-electron chi connectivity index (χ2n) is 6.23. The average molecular weight is 382 g/mol. The number of ether oxygens (including phenoxy) is 1. The van der Waals surface area contributed by atoms with Crippen LogP contribution in [0.5, 0.6) is 5.75 Å². The quantitative estimate of drug-likeness (QED) is 0.677. The molecule has 8 heteroatoms. The topological polar surface area (TPSA) is 93.2 Å². The summed E-state index contributed by atoms with van der Waals surface area (Å²) in [7, 11) is 0. The number of aryl methyl sites for hydroxylation is 2. The fourth-order valence-electron chi connectivity index (χ4n) is 2.45. The van der Waals surface area contributed by atoms with Crippen molar-refractivity contribution in [2.24, 2.45) is 0 Å². The highest BCUT2D eigenvalue weighted by atomic mass is 19.1. The lowest BCUT2D eigenvalue weighted by Crippen LogP contribution is -2.47. The molecule has 2 N–H and O–H groups in total. The summed E-state index contributed by atoms with van der Waals surface area (Å²) in [4.78, 5) is 33.2. The zero-order valence-electron chi connectivity index (χ0n) is 15.6. The van der Waals surface area contributed by atoms with Crippen LogP contribution in [0.15, 0.2) is 42.5 Å². The van der Waals surface area contributed by atoms with Crippen LogP contribution < -0.4 is 15.6 Å². The van der Waals surface area contributed by atoms with Gasteiger partial charge in [0, 0.05) is 5.56 Å². The first-order valence-corrected chi connectivity index (χ1v) is 8.61. The molecule has 0 aliphatic heterocycles. The van der Waals surface area contributed by atoms with Crippen molar-refractivity contribution in [1.82, 2.24) is 20.8 Å². The number of fused-ring (bicyclic) bond motifs is 1. The average Bonchev–Trinajstić information content (AvgIpc) is 2.68. The highest BCUT2D eigenvalue weighted by Gasteiger charge is 2.17. The number of benzene rings is 2. The van der Waals surface area contributed by atoms with Gasteiger partial charge in [0.15, 0.2) is 17.7 Å². The van der Waals surface area contributed by atoms with Crippen molar-refractivity contribution in [3.63, 3.8) is 0 Å². The van der Waals surface area contributed by atoms with E-state index < -0.39 is 23.7 Å². The van der Waals surface area contributed by atoms with Crippen molar-refractivity contribution in [3.8, 4) is 5.75 Å². The Bertz CT molecular complexity index is 1050. The number of nitrogens with zero attached hydrogens (tertiary/aromatic N) is 2. The highest BCUT2D eigenvalue weighted by molar-refractivity contribution is 5.98. The van der Waals surface area contributed by atoms with Gasteiger partial charge in [-0.3, -0.25) is 20.4 Å². The lowest BCUT2D eigenvalue weighted by atomic mass is 10.1. The van der Waals surface area contributed by atoms with Crippen molar-refractivity contribution in [2.75, 3.05) is 0 Å². The Hall–Kier alpha value is -3.55. The number of halogens is 1. The lowest BCUT2D eigenvalue weighted by Gasteiger charge is -2.15. The van der Waals surface area contributed by atoms with Crippen LogP contribution in [-0.4, -0.2) is 27.9 Å². The summed E-state index contributed by atoms with van der Waals surface area (Å²) in [6.45, 7) is 5.15. The maximum absolute atomic E-state index is 13.6. The van der Waals surface area contributed by atoms with Crippen LogP contribution in [0.3, 0.4) is 0 Å². The van der Waals surface area contributed by atoms with E-state index >= 15 is 0 Å². The van der Waals surface area contributed by atoms with Crippen LogP contribution in [0.1, 0.15) is 28.7 Å².